The van der Waals surface area contributed by atoms with E-state index in [-0.39, 0.29) is 11.5 Å². The van der Waals surface area contributed by atoms with Gasteiger partial charge in [-0.2, -0.15) is 5.26 Å². The van der Waals surface area contributed by atoms with Crippen LogP contribution < -0.4 is 10.6 Å². The van der Waals surface area contributed by atoms with Gasteiger partial charge in [-0.15, -0.1) is 0 Å². The minimum absolute atomic E-state index is 0.169. The maximum Gasteiger partial charge on any atom is 0.350 e. The number of rotatable bonds is 7. The molecule has 2 N–H and O–H groups in total. The molecule has 22 heavy (non-hydrogen) atoms. The highest BCUT2D eigenvalue weighted by Gasteiger charge is 2.08. The van der Waals surface area contributed by atoms with Crippen LogP contribution in [-0.2, 0) is 14.3 Å². The average Bonchev–Trinajstić information content (AvgIpc) is 2.55. The molecule has 0 radical (unpaired) electrons. The van der Waals surface area contributed by atoms with E-state index in [2.05, 4.69) is 15.4 Å². The van der Waals surface area contributed by atoms with Gasteiger partial charge in [-0.1, -0.05) is 6.07 Å². The zero-order valence-corrected chi connectivity index (χ0v) is 12.4. The lowest BCUT2D eigenvalue weighted by atomic mass is 10.2. The molecule has 0 heterocycles. The number of ether oxygens (including phenoxy) is 2. The van der Waals surface area contributed by atoms with Crippen molar-refractivity contribution >= 4 is 17.6 Å². The van der Waals surface area contributed by atoms with E-state index in [0.717, 1.165) is 0 Å². The fourth-order valence-corrected chi connectivity index (χ4v) is 1.52. The lowest BCUT2D eigenvalue weighted by Gasteiger charge is -2.07. The molecule has 0 bridgehead atoms. The van der Waals surface area contributed by atoms with Crippen LogP contribution in [0.3, 0.4) is 0 Å². The fraction of sp³-hybridized carbons (Fsp3) is 0.267. The maximum absolute atomic E-state index is 11.9. The molecule has 116 valence electrons. The third kappa shape index (κ3) is 5.26. The number of methoxy groups -OCH3 is 2. The molecule has 1 aromatic carbocycles. The summed E-state index contributed by atoms with van der Waals surface area (Å²) in [5.41, 5.74) is 0.847. The van der Waals surface area contributed by atoms with E-state index in [1.54, 1.807) is 37.4 Å². The normalized spacial score (nSPS) is 10.5. The molecule has 0 spiro atoms. The second-order valence-electron chi connectivity index (χ2n) is 4.14. The summed E-state index contributed by atoms with van der Waals surface area (Å²) in [6, 6.07) is 8.37. The predicted octanol–water partition coefficient (Wildman–Crippen LogP) is 1.06. The summed E-state index contributed by atoms with van der Waals surface area (Å²) in [5.74, 6) is -0.971. The van der Waals surface area contributed by atoms with E-state index in [1.807, 2.05) is 0 Å². The molecule has 0 aliphatic rings. The SMILES string of the molecule is COCCNC(=O)c1cccc(N/C=C(\C#N)C(=O)OC)c1. The number of anilines is 1. The van der Waals surface area contributed by atoms with Crippen molar-refractivity contribution in [2.75, 3.05) is 32.7 Å². The quantitative estimate of drug-likeness (QED) is 0.338. The van der Waals surface area contributed by atoms with Crippen molar-refractivity contribution < 1.29 is 19.1 Å². The molecule has 7 nitrogen and oxygen atoms in total. The number of esters is 1. The monoisotopic (exact) mass is 303 g/mol. The van der Waals surface area contributed by atoms with Crippen LogP contribution >= 0.6 is 0 Å². The van der Waals surface area contributed by atoms with Gasteiger partial charge in [0.1, 0.15) is 6.07 Å². The molecule has 0 unspecified atom stereocenters. The summed E-state index contributed by atoms with van der Waals surface area (Å²) in [7, 11) is 2.75. The third-order valence-electron chi connectivity index (χ3n) is 2.63. The molecule has 0 fully saturated rings. The van der Waals surface area contributed by atoms with Crippen molar-refractivity contribution in [3.05, 3.63) is 41.6 Å². The van der Waals surface area contributed by atoms with Crippen LogP contribution in [0.15, 0.2) is 36.0 Å². The second kappa shape index (κ2) is 9.15. The second-order valence-corrected chi connectivity index (χ2v) is 4.14. The zero-order chi connectivity index (χ0) is 16.4. The Morgan fingerprint density at radius 2 is 2.14 bits per heavy atom. The van der Waals surface area contributed by atoms with Gasteiger partial charge >= 0.3 is 5.97 Å². The number of carbonyl (C=O) groups excluding carboxylic acids is 2. The van der Waals surface area contributed by atoms with Crippen molar-refractivity contribution in [3.8, 4) is 6.07 Å². The Morgan fingerprint density at radius 1 is 1.36 bits per heavy atom. The van der Waals surface area contributed by atoms with Gasteiger partial charge in [-0.05, 0) is 18.2 Å². The smallest absolute Gasteiger partial charge is 0.350 e. The lowest BCUT2D eigenvalue weighted by molar-refractivity contribution is -0.135. The third-order valence-corrected chi connectivity index (χ3v) is 2.63. The highest BCUT2D eigenvalue weighted by atomic mass is 16.5. The molecule has 0 saturated heterocycles. The van der Waals surface area contributed by atoms with Gasteiger partial charge in [-0.25, -0.2) is 4.79 Å². The average molecular weight is 303 g/mol. The number of hydrogen-bond acceptors (Lipinski definition) is 6. The first kappa shape index (κ1) is 17.2. The van der Waals surface area contributed by atoms with Crippen molar-refractivity contribution in [1.82, 2.24) is 5.32 Å². The summed E-state index contributed by atoms with van der Waals surface area (Å²) < 4.78 is 9.32. The lowest BCUT2D eigenvalue weighted by Crippen LogP contribution is -2.26. The number of amides is 1. The number of benzene rings is 1. The molecule has 1 aromatic rings. The molecular formula is C15H17N3O4. The van der Waals surface area contributed by atoms with Crippen molar-refractivity contribution in [2.24, 2.45) is 0 Å². The Labute approximate surface area is 128 Å². The standard InChI is InChI=1S/C15H17N3O4/c1-21-7-6-17-14(19)11-4-3-5-13(8-11)18-10-12(9-16)15(20)22-2/h3-5,8,10,18H,6-7H2,1-2H3,(H,17,19)/b12-10+. The predicted molar refractivity (Wildman–Crippen MR) is 80.0 cm³/mol. The first-order valence-electron chi connectivity index (χ1n) is 6.44. The van der Waals surface area contributed by atoms with Crippen LogP contribution in [0.5, 0.6) is 0 Å². The van der Waals surface area contributed by atoms with E-state index in [0.29, 0.717) is 24.4 Å². The van der Waals surface area contributed by atoms with Crippen LogP contribution in [0.1, 0.15) is 10.4 Å². The number of carbonyl (C=O) groups is 2. The fourth-order valence-electron chi connectivity index (χ4n) is 1.52. The summed E-state index contributed by atoms with van der Waals surface area (Å²) in [6.45, 7) is 0.838. The first-order valence-corrected chi connectivity index (χ1v) is 6.44. The molecular weight excluding hydrogens is 286 g/mol. The van der Waals surface area contributed by atoms with E-state index in [4.69, 9.17) is 10.00 Å². The van der Waals surface area contributed by atoms with Crippen molar-refractivity contribution in [3.63, 3.8) is 0 Å². The van der Waals surface area contributed by atoms with Crippen LogP contribution in [0, 0.1) is 11.3 Å². The van der Waals surface area contributed by atoms with E-state index < -0.39 is 5.97 Å². The molecule has 7 heteroatoms. The Morgan fingerprint density at radius 3 is 2.77 bits per heavy atom. The summed E-state index contributed by atoms with van der Waals surface area (Å²) >= 11 is 0. The molecule has 0 aliphatic heterocycles. The Balaban J connectivity index is 2.76. The van der Waals surface area contributed by atoms with Gasteiger partial charge in [0.05, 0.1) is 13.7 Å². The summed E-state index contributed by atoms with van der Waals surface area (Å²) in [6.07, 6.45) is 1.23. The largest absolute Gasteiger partial charge is 0.465 e. The van der Waals surface area contributed by atoms with E-state index in [9.17, 15) is 9.59 Å². The highest BCUT2D eigenvalue weighted by Crippen LogP contribution is 2.11. The summed E-state index contributed by atoms with van der Waals surface area (Å²) in [5, 5.41) is 14.3. The van der Waals surface area contributed by atoms with Crippen molar-refractivity contribution in [1.29, 1.82) is 5.26 Å². The van der Waals surface area contributed by atoms with Gasteiger partial charge < -0.3 is 20.1 Å². The molecule has 0 aliphatic carbocycles. The minimum Gasteiger partial charge on any atom is -0.465 e. The molecule has 0 atom stereocenters. The highest BCUT2D eigenvalue weighted by molar-refractivity contribution is 5.95. The number of nitrogens with zero attached hydrogens (tertiary/aromatic N) is 1. The number of nitriles is 1. The maximum atomic E-state index is 11.9. The van der Waals surface area contributed by atoms with Crippen LogP contribution in [0.4, 0.5) is 5.69 Å². The van der Waals surface area contributed by atoms with Gasteiger partial charge in [0, 0.05) is 31.1 Å². The van der Waals surface area contributed by atoms with Crippen LogP contribution in [0.2, 0.25) is 0 Å². The summed E-state index contributed by atoms with van der Waals surface area (Å²) in [4.78, 5) is 23.1. The molecule has 0 aromatic heterocycles. The first-order chi connectivity index (χ1) is 10.6. The molecule has 1 amide bonds. The molecule has 0 saturated carbocycles. The van der Waals surface area contributed by atoms with Gasteiger partial charge in [0.15, 0.2) is 5.57 Å². The molecule has 1 rings (SSSR count). The van der Waals surface area contributed by atoms with Gasteiger partial charge in [-0.3, -0.25) is 4.79 Å². The zero-order valence-electron chi connectivity index (χ0n) is 12.4. The van der Waals surface area contributed by atoms with Crippen molar-refractivity contribution in [2.45, 2.75) is 0 Å². The van der Waals surface area contributed by atoms with Gasteiger partial charge in [0.25, 0.3) is 5.91 Å². The number of hydrogen-bond donors (Lipinski definition) is 2. The van der Waals surface area contributed by atoms with E-state index >= 15 is 0 Å². The van der Waals surface area contributed by atoms with Gasteiger partial charge in [0.2, 0.25) is 0 Å². The van der Waals surface area contributed by atoms with Crippen LogP contribution in [-0.4, -0.2) is 39.2 Å². The van der Waals surface area contributed by atoms with E-state index in [1.165, 1.54) is 13.3 Å². The minimum atomic E-state index is -0.733. The Hall–Kier alpha value is -2.85. The topological polar surface area (TPSA) is 100 Å². The Bertz CT molecular complexity index is 605. The van der Waals surface area contributed by atoms with Crippen LogP contribution in [0.25, 0.3) is 0 Å². The number of nitrogens with one attached hydrogen (secondary N) is 2. The Kier molecular flexibility index (Phi) is 7.16.